The number of hydrogen-bond acceptors (Lipinski definition) is 4. The lowest BCUT2D eigenvalue weighted by Crippen LogP contribution is -2.20. The fourth-order valence-corrected chi connectivity index (χ4v) is 2.31. The number of primary amides is 1. The molecule has 0 saturated carbocycles. The van der Waals surface area contributed by atoms with Crippen LogP contribution >= 0.6 is 0 Å². The molecule has 1 amide bonds. The first kappa shape index (κ1) is 18.3. The monoisotopic (exact) mass is 339 g/mol. The van der Waals surface area contributed by atoms with E-state index < -0.39 is 5.91 Å². The Labute approximate surface area is 147 Å². The quantitative estimate of drug-likeness (QED) is 0.621. The Bertz CT molecular complexity index is 824. The van der Waals surface area contributed by atoms with Crippen molar-refractivity contribution in [1.29, 1.82) is 0 Å². The average molecular weight is 339 g/mol. The molecule has 0 unspecified atom stereocenters. The molecule has 0 fully saturated rings. The molecule has 0 spiro atoms. The van der Waals surface area contributed by atoms with E-state index in [2.05, 4.69) is 0 Å². The van der Waals surface area contributed by atoms with E-state index >= 15 is 0 Å². The van der Waals surface area contributed by atoms with Crippen molar-refractivity contribution in [3.63, 3.8) is 0 Å². The van der Waals surface area contributed by atoms with Crippen molar-refractivity contribution in [3.05, 3.63) is 64.7 Å². The zero-order valence-corrected chi connectivity index (χ0v) is 14.5. The molecule has 0 aliphatic carbocycles. The molecule has 0 atom stereocenters. The normalized spacial score (nSPS) is 10.7. The predicted octanol–water partition coefficient (Wildman–Crippen LogP) is 3.07. The van der Waals surface area contributed by atoms with Gasteiger partial charge in [-0.15, -0.1) is 0 Å². The van der Waals surface area contributed by atoms with Gasteiger partial charge in [-0.05, 0) is 43.2 Å². The van der Waals surface area contributed by atoms with Gasteiger partial charge in [0, 0.05) is 6.07 Å². The summed E-state index contributed by atoms with van der Waals surface area (Å²) in [5.74, 6) is 0.0260. The number of nitrogens with two attached hydrogens (primary N) is 1. The molecule has 0 aliphatic rings. The molecule has 0 aliphatic heterocycles. The van der Waals surface area contributed by atoms with Crippen LogP contribution < -0.4 is 15.2 Å². The Hall–Kier alpha value is -3.08. The van der Waals surface area contributed by atoms with E-state index in [0.717, 1.165) is 16.7 Å². The van der Waals surface area contributed by atoms with E-state index in [0.29, 0.717) is 17.1 Å². The van der Waals surface area contributed by atoms with Gasteiger partial charge >= 0.3 is 0 Å². The minimum absolute atomic E-state index is 0.181. The summed E-state index contributed by atoms with van der Waals surface area (Å²) < 4.78 is 10.5. The number of ketones is 1. The summed E-state index contributed by atoms with van der Waals surface area (Å²) in [6.07, 6.45) is 3.31. The summed E-state index contributed by atoms with van der Waals surface area (Å²) in [5, 5.41) is 0. The van der Waals surface area contributed by atoms with E-state index in [-0.39, 0.29) is 12.4 Å². The summed E-state index contributed by atoms with van der Waals surface area (Å²) in [6, 6.07) is 10.8. The number of rotatable bonds is 7. The van der Waals surface area contributed by atoms with Gasteiger partial charge < -0.3 is 15.2 Å². The molecule has 2 aromatic carbocycles. The lowest BCUT2D eigenvalue weighted by atomic mass is 10.0. The number of ether oxygens (including phenoxy) is 2. The van der Waals surface area contributed by atoms with Crippen LogP contribution in [-0.4, -0.2) is 25.4 Å². The molecule has 0 radical (unpaired) electrons. The Morgan fingerprint density at radius 2 is 1.88 bits per heavy atom. The molecule has 2 rings (SSSR count). The average Bonchev–Trinajstić information content (AvgIpc) is 2.60. The lowest BCUT2D eigenvalue weighted by molar-refractivity contribution is -0.119. The van der Waals surface area contributed by atoms with Gasteiger partial charge in [0.15, 0.2) is 12.4 Å². The molecule has 2 aromatic rings. The minimum Gasteiger partial charge on any atom is -0.496 e. The van der Waals surface area contributed by atoms with Crippen LogP contribution in [0.25, 0.3) is 6.08 Å². The zero-order valence-electron chi connectivity index (χ0n) is 14.5. The van der Waals surface area contributed by atoms with Gasteiger partial charge in [-0.25, -0.2) is 0 Å². The summed E-state index contributed by atoms with van der Waals surface area (Å²) in [4.78, 5) is 23.3. The number of carbonyl (C=O) groups excluding carboxylic acids is 2. The number of benzene rings is 2. The van der Waals surface area contributed by atoms with Crippen LogP contribution in [0.1, 0.15) is 27.0 Å². The molecule has 0 heterocycles. The molecule has 0 aromatic heterocycles. The topological polar surface area (TPSA) is 78.6 Å². The SMILES string of the molecule is COc1cc(OCC(N)=O)ccc1C(=O)/C=C/c1cc(C)ccc1C. The van der Waals surface area contributed by atoms with Gasteiger partial charge in [-0.2, -0.15) is 0 Å². The molecule has 5 heteroatoms. The molecule has 2 N–H and O–H groups in total. The second kappa shape index (κ2) is 8.15. The second-order valence-electron chi connectivity index (χ2n) is 5.67. The Balaban J connectivity index is 2.22. The van der Waals surface area contributed by atoms with Gasteiger partial charge in [0.05, 0.1) is 12.7 Å². The van der Waals surface area contributed by atoms with Crippen molar-refractivity contribution in [2.45, 2.75) is 13.8 Å². The highest BCUT2D eigenvalue weighted by molar-refractivity contribution is 6.08. The van der Waals surface area contributed by atoms with E-state index in [1.165, 1.54) is 13.2 Å². The number of carbonyl (C=O) groups is 2. The largest absolute Gasteiger partial charge is 0.496 e. The van der Waals surface area contributed by atoms with Crippen LogP contribution in [0.4, 0.5) is 0 Å². The lowest BCUT2D eigenvalue weighted by Gasteiger charge is -2.09. The van der Waals surface area contributed by atoms with Crippen LogP contribution in [-0.2, 0) is 4.79 Å². The van der Waals surface area contributed by atoms with Crippen LogP contribution in [0.2, 0.25) is 0 Å². The van der Waals surface area contributed by atoms with Crippen LogP contribution in [0.15, 0.2) is 42.5 Å². The third-order valence-electron chi connectivity index (χ3n) is 3.67. The summed E-state index contributed by atoms with van der Waals surface area (Å²) in [7, 11) is 1.47. The van der Waals surface area contributed by atoms with Crippen molar-refractivity contribution in [2.75, 3.05) is 13.7 Å². The van der Waals surface area contributed by atoms with Crippen molar-refractivity contribution >= 4 is 17.8 Å². The summed E-state index contributed by atoms with van der Waals surface area (Å²) in [6.45, 7) is 3.77. The van der Waals surface area contributed by atoms with Crippen LogP contribution in [0.5, 0.6) is 11.5 Å². The first-order valence-corrected chi connectivity index (χ1v) is 7.79. The number of amides is 1. The molecule has 130 valence electrons. The molecular weight excluding hydrogens is 318 g/mol. The maximum Gasteiger partial charge on any atom is 0.255 e. The highest BCUT2D eigenvalue weighted by atomic mass is 16.5. The molecule has 5 nitrogen and oxygen atoms in total. The number of hydrogen-bond donors (Lipinski definition) is 1. The third-order valence-corrected chi connectivity index (χ3v) is 3.67. The molecule has 25 heavy (non-hydrogen) atoms. The van der Waals surface area contributed by atoms with Crippen molar-refractivity contribution < 1.29 is 19.1 Å². The maximum absolute atomic E-state index is 12.5. The summed E-state index contributed by atoms with van der Waals surface area (Å²) in [5.41, 5.74) is 8.68. The standard InChI is InChI=1S/C20H21NO4/c1-13-4-5-14(2)15(10-13)6-9-18(22)17-8-7-16(11-19(17)24-3)25-12-20(21)23/h4-11H,12H2,1-3H3,(H2,21,23)/b9-6+. The van der Waals surface area contributed by atoms with Gasteiger partial charge in [0.2, 0.25) is 0 Å². The first-order chi connectivity index (χ1) is 11.9. The van der Waals surface area contributed by atoms with Crippen molar-refractivity contribution in [2.24, 2.45) is 5.73 Å². The number of aryl methyl sites for hydroxylation is 2. The van der Waals surface area contributed by atoms with E-state index in [1.807, 2.05) is 32.0 Å². The number of methoxy groups -OCH3 is 1. The fraction of sp³-hybridized carbons (Fsp3) is 0.200. The van der Waals surface area contributed by atoms with E-state index in [9.17, 15) is 9.59 Å². The summed E-state index contributed by atoms with van der Waals surface area (Å²) >= 11 is 0. The van der Waals surface area contributed by atoms with Crippen molar-refractivity contribution in [1.82, 2.24) is 0 Å². The minimum atomic E-state index is -0.574. The highest BCUT2D eigenvalue weighted by Crippen LogP contribution is 2.26. The Kier molecular flexibility index (Phi) is 5.95. The van der Waals surface area contributed by atoms with Crippen LogP contribution in [0.3, 0.4) is 0 Å². The van der Waals surface area contributed by atoms with Gasteiger partial charge in [-0.1, -0.05) is 29.8 Å². The van der Waals surface area contributed by atoms with Crippen LogP contribution in [0, 0.1) is 13.8 Å². The third kappa shape index (κ3) is 4.94. The van der Waals surface area contributed by atoms with Crippen molar-refractivity contribution in [3.8, 4) is 11.5 Å². The van der Waals surface area contributed by atoms with Gasteiger partial charge in [0.25, 0.3) is 5.91 Å². The molecular formula is C20H21NO4. The second-order valence-corrected chi connectivity index (χ2v) is 5.67. The smallest absolute Gasteiger partial charge is 0.255 e. The maximum atomic E-state index is 12.5. The fourth-order valence-electron chi connectivity index (χ4n) is 2.31. The van der Waals surface area contributed by atoms with E-state index in [1.54, 1.807) is 24.3 Å². The highest BCUT2D eigenvalue weighted by Gasteiger charge is 2.11. The van der Waals surface area contributed by atoms with E-state index in [4.69, 9.17) is 15.2 Å². The molecule has 0 bridgehead atoms. The number of allylic oxidation sites excluding steroid dienone is 1. The first-order valence-electron chi connectivity index (χ1n) is 7.79. The van der Waals surface area contributed by atoms with Gasteiger partial charge in [0.1, 0.15) is 11.5 Å². The molecule has 0 saturated heterocycles. The Morgan fingerprint density at radius 3 is 2.56 bits per heavy atom. The Morgan fingerprint density at radius 1 is 1.12 bits per heavy atom. The zero-order chi connectivity index (χ0) is 18.4. The predicted molar refractivity (Wildman–Crippen MR) is 97.0 cm³/mol. The van der Waals surface area contributed by atoms with Gasteiger partial charge in [-0.3, -0.25) is 9.59 Å².